The van der Waals surface area contributed by atoms with Crippen LogP contribution in [0, 0.1) is 11.8 Å². The lowest BCUT2D eigenvalue weighted by molar-refractivity contribution is -0.958. The van der Waals surface area contributed by atoms with Gasteiger partial charge < -0.3 is 19.2 Å². The minimum absolute atomic E-state index is 0.0982. The molecule has 180 valence electrons. The number of benzene rings is 2. The van der Waals surface area contributed by atoms with Crippen molar-refractivity contribution in [2.45, 2.75) is 51.0 Å². The second kappa shape index (κ2) is 8.91. The van der Waals surface area contributed by atoms with Crippen LogP contribution in [0.1, 0.15) is 47.9 Å². The minimum Gasteiger partial charge on any atom is -0.387 e. The van der Waals surface area contributed by atoms with Crippen LogP contribution in [-0.2, 0) is 13.1 Å². The third kappa shape index (κ3) is 4.49. The van der Waals surface area contributed by atoms with Crippen LogP contribution in [0.5, 0.6) is 0 Å². The molecule has 6 saturated heterocycles. The Kier molecular flexibility index (Phi) is 5.89. The number of rotatable bonds is 6. The molecule has 4 bridgehead atoms. The summed E-state index contributed by atoms with van der Waals surface area (Å²) in [5.74, 6) is 1.10. The predicted octanol–water partition coefficient (Wildman–Crippen LogP) is 4.06. The van der Waals surface area contributed by atoms with Gasteiger partial charge in [-0.1, -0.05) is 60.7 Å². The molecule has 2 aromatic carbocycles. The maximum Gasteiger partial charge on any atom is 0.106 e. The topological polar surface area (TPSA) is 40.5 Å². The molecule has 8 rings (SSSR count). The third-order valence-electron chi connectivity index (χ3n) is 9.60. The fourth-order valence-electron chi connectivity index (χ4n) is 7.38. The van der Waals surface area contributed by atoms with Gasteiger partial charge in [-0.05, 0) is 11.1 Å². The molecule has 0 radical (unpaired) electrons. The molecule has 0 amide bonds. The lowest BCUT2D eigenvalue weighted by Gasteiger charge is -2.51. The maximum atomic E-state index is 10.4. The zero-order valence-corrected chi connectivity index (χ0v) is 20.4. The summed E-state index contributed by atoms with van der Waals surface area (Å²) in [6.07, 6.45) is 8.95. The molecule has 0 aromatic heterocycles. The Morgan fingerprint density at radius 3 is 1.26 bits per heavy atom. The van der Waals surface area contributed by atoms with Crippen LogP contribution < -0.4 is 0 Å². The first kappa shape index (κ1) is 22.5. The van der Waals surface area contributed by atoms with Gasteiger partial charge in [-0.25, -0.2) is 0 Å². The fourth-order valence-corrected chi connectivity index (χ4v) is 7.38. The van der Waals surface area contributed by atoms with Crippen molar-refractivity contribution < 1.29 is 19.2 Å². The molecular formula is C30H40N2O2+2. The molecule has 2 aromatic rings. The summed E-state index contributed by atoms with van der Waals surface area (Å²) in [6.45, 7) is 8.86. The van der Waals surface area contributed by atoms with Crippen molar-refractivity contribution >= 4 is 12.2 Å². The van der Waals surface area contributed by atoms with E-state index < -0.39 is 0 Å². The van der Waals surface area contributed by atoms with E-state index in [1.807, 2.05) is 0 Å². The zero-order valence-electron chi connectivity index (χ0n) is 20.4. The molecule has 2 unspecified atom stereocenters. The number of nitrogens with zero attached hydrogens (tertiary/aromatic N) is 2. The number of aliphatic hydroxyl groups is 2. The zero-order chi connectivity index (χ0) is 23.2. The number of fused-ring (bicyclic) bond motifs is 6. The standard InChI is InChI=1S/C30H40N2O2/c33-29-21-31(15-11-27(29)12-16-31)19-25-7-3-23(4-8-25)1-2-24-5-9-26(10-6-24)20-32-17-13-28(14-18-32)30(34)22-32/h1-10,27-30,33-34H,11-22H2/q+2/b2-1+. The Morgan fingerprint density at radius 2 is 0.941 bits per heavy atom. The van der Waals surface area contributed by atoms with Crippen molar-refractivity contribution in [2.24, 2.45) is 11.8 Å². The fraction of sp³-hybridized carbons (Fsp3) is 0.533. The maximum absolute atomic E-state index is 10.4. The Bertz CT molecular complexity index is 929. The molecule has 0 aliphatic carbocycles. The quantitative estimate of drug-likeness (QED) is 0.504. The Hall–Kier alpha value is -1.98. The monoisotopic (exact) mass is 460 g/mol. The van der Waals surface area contributed by atoms with Crippen molar-refractivity contribution in [1.29, 1.82) is 0 Å². The summed E-state index contributed by atoms with van der Waals surface area (Å²) in [4.78, 5) is 0. The molecule has 0 saturated carbocycles. The highest BCUT2D eigenvalue weighted by molar-refractivity contribution is 5.69. The summed E-state index contributed by atoms with van der Waals surface area (Å²) in [5, 5.41) is 20.7. The lowest BCUT2D eigenvalue weighted by atomic mass is 9.83. The third-order valence-corrected chi connectivity index (χ3v) is 9.60. The van der Waals surface area contributed by atoms with Crippen molar-refractivity contribution in [1.82, 2.24) is 0 Å². The molecule has 4 heteroatoms. The van der Waals surface area contributed by atoms with E-state index in [1.54, 1.807) is 0 Å². The summed E-state index contributed by atoms with van der Waals surface area (Å²) in [5.41, 5.74) is 5.23. The Labute approximate surface area is 204 Å². The average molecular weight is 461 g/mol. The largest absolute Gasteiger partial charge is 0.387 e. The number of hydrogen-bond donors (Lipinski definition) is 2. The summed E-state index contributed by atoms with van der Waals surface area (Å²) >= 11 is 0. The lowest BCUT2D eigenvalue weighted by Crippen LogP contribution is -2.63. The van der Waals surface area contributed by atoms with E-state index in [0.717, 1.165) is 35.1 Å². The van der Waals surface area contributed by atoms with E-state index >= 15 is 0 Å². The highest BCUT2D eigenvalue weighted by Gasteiger charge is 2.46. The molecule has 6 aliphatic heterocycles. The van der Waals surface area contributed by atoms with E-state index in [4.69, 9.17) is 0 Å². The number of quaternary nitrogens is 2. The van der Waals surface area contributed by atoms with Gasteiger partial charge in [0, 0.05) is 48.6 Å². The number of hydrogen-bond acceptors (Lipinski definition) is 2. The summed E-state index contributed by atoms with van der Waals surface area (Å²) in [6, 6.07) is 18.0. The Balaban J connectivity index is 1.06. The van der Waals surface area contributed by atoms with Crippen LogP contribution in [0.2, 0.25) is 0 Å². The van der Waals surface area contributed by atoms with Crippen molar-refractivity contribution in [3.05, 3.63) is 70.8 Å². The van der Waals surface area contributed by atoms with Crippen LogP contribution in [0.4, 0.5) is 0 Å². The predicted molar refractivity (Wildman–Crippen MR) is 136 cm³/mol. The van der Waals surface area contributed by atoms with Crippen LogP contribution in [0.3, 0.4) is 0 Å². The molecule has 2 N–H and O–H groups in total. The molecule has 0 spiro atoms. The first-order chi connectivity index (χ1) is 16.5. The minimum atomic E-state index is -0.0982. The molecule has 34 heavy (non-hydrogen) atoms. The van der Waals surface area contributed by atoms with E-state index in [-0.39, 0.29) is 12.2 Å². The molecule has 4 nitrogen and oxygen atoms in total. The van der Waals surface area contributed by atoms with Gasteiger partial charge in [-0.3, -0.25) is 0 Å². The highest BCUT2D eigenvalue weighted by Crippen LogP contribution is 2.36. The summed E-state index contributed by atoms with van der Waals surface area (Å²) in [7, 11) is 0. The van der Waals surface area contributed by atoms with Crippen molar-refractivity contribution in [3.63, 3.8) is 0 Å². The second-order valence-corrected chi connectivity index (χ2v) is 11.9. The summed E-state index contributed by atoms with van der Waals surface area (Å²) < 4.78 is 2.14. The highest BCUT2D eigenvalue weighted by atomic mass is 16.3. The average Bonchev–Trinajstić information content (AvgIpc) is 2.85. The number of aliphatic hydroxyl groups excluding tert-OH is 2. The SMILES string of the molecule is OC1C[N+]2(Cc3ccc(/C=C/c4ccc(C[N+]56CCC(CC5)C(O)C6)cc4)cc3)CCC1CC2. The Morgan fingerprint density at radius 1 is 0.588 bits per heavy atom. The van der Waals surface area contributed by atoms with Gasteiger partial charge in [0.15, 0.2) is 0 Å². The van der Waals surface area contributed by atoms with E-state index in [2.05, 4.69) is 60.7 Å². The molecule has 6 aliphatic rings. The van der Waals surface area contributed by atoms with Gasteiger partial charge in [0.1, 0.15) is 38.4 Å². The van der Waals surface area contributed by atoms with Gasteiger partial charge in [-0.15, -0.1) is 0 Å². The smallest absolute Gasteiger partial charge is 0.106 e. The molecule has 6 fully saturated rings. The van der Waals surface area contributed by atoms with E-state index in [9.17, 15) is 10.2 Å². The van der Waals surface area contributed by atoms with E-state index in [1.165, 1.54) is 74.1 Å². The van der Waals surface area contributed by atoms with Gasteiger partial charge in [0.05, 0.1) is 26.2 Å². The van der Waals surface area contributed by atoms with Crippen LogP contribution >= 0.6 is 0 Å². The first-order valence-corrected chi connectivity index (χ1v) is 13.4. The van der Waals surface area contributed by atoms with Gasteiger partial charge in [-0.2, -0.15) is 0 Å². The first-order valence-electron chi connectivity index (χ1n) is 13.4. The molecular weight excluding hydrogens is 420 g/mol. The van der Waals surface area contributed by atoms with Gasteiger partial charge in [0.25, 0.3) is 0 Å². The van der Waals surface area contributed by atoms with Gasteiger partial charge >= 0.3 is 0 Å². The molecule has 2 atom stereocenters. The second-order valence-electron chi connectivity index (χ2n) is 11.9. The molecule has 6 heterocycles. The normalized spacial score (nSPS) is 36.9. The van der Waals surface area contributed by atoms with Crippen LogP contribution in [0.15, 0.2) is 48.5 Å². The van der Waals surface area contributed by atoms with Crippen molar-refractivity contribution in [2.75, 3.05) is 39.3 Å². The number of piperidine rings is 6. The van der Waals surface area contributed by atoms with E-state index in [0.29, 0.717) is 11.8 Å². The van der Waals surface area contributed by atoms with Crippen LogP contribution in [0.25, 0.3) is 12.2 Å². The van der Waals surface area contributed by atoms with Crippen molar-refractivity contribution in [3.8, 4) is 0 Å². The van der Waals surface area contributed by atoms with Crippen LogP contribution in [-0.4, -0.2) is 70.7 Å². The van der Waals surface area contributed by atoms with Gasteiger partial charge in [0.2, 0.25) is 0 Å².